The van der Waals surface area contributed by atoms with Crippen LogP contribution in [0.5, 0.6) is 0 Å². The van der Waals surface area contributed by atoms with Gasteiger partial charge in [-0.15, -0.1) is 0 Å². The third-order valence-corrected chi connectivity index (χ3v) is 5.14. The molecule has 0 unspecified atom stereocenters. The summed E-state index contributed by atoms with van der Waals surface area (Å²) in [6.07, 6.45) is 3.57. The molecule has 4 rings (SSSR count). The predicted molar refractivity (Wildman–Crippen MR) is 107 cm³/mol. The molecule has 3 aromatic rings. The highest BCUT2D eigenvalue weighted by Crippen LogP contribution is 2.15. The Bertz CT molecular complexity index is 1120. The van der Waals surface area contributed by atoms with E-state index in [-0.39, 0.29) is 29.0 Å². The minimum absolute atomic E-state index is 0.0116. The standard InChI is InChI=1S/C20H23N5O4/c1-28-10-8-25-17(21)14(19(26)22-12-13-5-4-9-29-13)11-15-18(25)23-16-6-2-3-7-24(16)20(15)27/h2-3,6-7,11,13,21H,4-5,8-10,12H2,1H3,(H,22,26)/p+1/t13-/m0/s1. The normalized spacial score (nSPS) is 16.5. The first-order valence-electron chi connectivity index (χ1n) is 9.62. The monoisotopic (exact) mass is 398 g/mol. The molecule has 29 heavy (non-hydrogen) atoms. The molecule has 0 aliphatic carbocycles. The molecule has 0 bridgehead atoms. The number of carbonyl (C=O) groups is 1. The summed E-state index contributed by atoms with van der Waals surface area (Å²) in [7, 11) is 1.58. The van der Waals surface area contributed by atoms with Crippen LogP contribution < -0.4 is 21.2 Å². The second-order valence-corrected chi connectivity index (χ2v) is 7.02. The van der Waals surface area contributed by atoms with Crippen LogP contribution in [0.3, 0.4) is 0 Å². The largest absolute Gasteiger partial charge is 0.381 e. The van der Waals surface area contributed by atoms with Crippen molar-refractivity contribution in [2.24, 2.45) is 0 Å². The number of ether oxygens (including phenoxy) is 2. The van der Waals surface area contributed by atoms with Gasteiger partial charge in [-0.05, 0) is 31.0 Å². The number of nitrogens with one attached hydrogen (secondary N) is 1. The number of nitrogens with zero attached hydrogens (tertiary/aromatic N) is 3. The molecule has 1 aliphatic rings. The zero-order valence-corrected chi connectivity index (χ0v) is 16.3. The van der Waals surface area contributed by atoms with Gasteiger partial charge in [-0.3, -0.25) is 14.0 Å². The first-order chi connectivity index (χ1) is 14.1. The van der Waals surface area contributed by atoms with Crippen molar-refractivity contribution in [3.8, 4) is 0 Å². The van der Waals surface area contributed by atoms with Crippen molar-refractivity contribution in [2.75, 3.05) is 32.6 Å². The molecule has 1 fully saturated rings. The minimum atomic E-state index is -0.344. The Morgan fingerprint density at radius 2 is 2.34 bits per heavy atom. The summed E-state index contributed by atoms with van der Waals surface area (Å²) < 4.78 is 13.8. The number of pyridine rings is 2. The molecule has 1 atom stereocenters. The highest BCUT2D eigenvalue weighted by atomic mass is 16.5. The highest BCUT2D eigenvalue weighted by Gasteiger charge is 2.25. The molecule has 0 spiro atoms. The van der Waals surface area contributed by atoms with E-state index in [2.05, 4.69) is 10.3 Å². The van der Waals surface area contributed by atoms with Crippen LogP contribution in [0.15, 0.2) is 35.3 Å². The molecule has 3 N–H and O–H groups in total. The lowest BCUT2D eigenvalue weighted by Crippen LogP contribution is -2.44. The van der Waals surface area contributed by atoms with Crippen LogP contribution in [0.1, 0.15) is 23.2 Å². The quantitative estimate of drug-likeness (QED) is 0.455. The average molecular weight is 398 g/mol. The number of amides is 1. The van der Waals surface area contributed by atoms with Gasteiger partial charge >= 0.3 is 0 Å². The lowest BCUT2D eigenvalue weighted by atomic mass is 10.1. The number of fused-ring (bicyclic) bond motifs is 2. The molecular weight excluding hydrogens is 374 g/mol. The van der Waals surface area contributed by atoms with Crippen molar-refractivity contribution < 1.29 is 18.8 Å². The van der Waals surface area contributed by atoms with Crippen molar-refractivity contribution in [1.82, 2.24) is 14.7 Å². The Morgan fingerprint density at radius 3 is 3.10 bits per heavy atom. The van der Waals surface area contributed by atoms with Gasteiger partial charge in [-0.25, -0.2) is 4.57 Å². The summed E-state index contributed by atoms with van der Waals surface area (Å²) in [6, 6.07) is 6.84. The number of nitrogens with two attached hydrogens (primary N) is 1. The maximum Gasteiger partial charge on any atom is 0.278 e. The molecule has 9 nitrogen and oxygen atoms in total. The summed E-state index contributed by atoms with van der Waals surface area (Å²) in [5, 5.41) is 3.19. The van der Waals surface area contributed by atoms with Crippen LogP contribution in [-0.4, -0.2) is 48.3 Å². The van der Waals surface area contributed by atoms with Crippen LogP contribution in [0, 0.1) is 0 Å². The van der Waals surface area contributed by atoms with Gasteiger partial charge in [0, 0.05) is 26.5 Å². The highest BCUT2D eigenvalue weighted by molar-refractivity contribution is 6.00. The van der Waals surface area contributed by atoms with E-state index in [0.717, 1.165) is 12.8 Å². The Labute approximate surface area is 167 Å². The van der Waals surface area contributed by atoms with E-state index in [1.54, 1.807) is 30.0 Å². The van der Waals surface area contributed by atoms with E-state index in [1.807, 2.05) is 6.07 Å². The Kier molecular flexibility index (Phi) is 5.41. The molecule has 4 heterocycles. The summed E-state index contributed by atoms with van der Waals surface area (Å²) in [5.74, 6) is -0.102. The van der Waals surface area contributed by atoms with Crippen LogP contribution >= 0.6 is 0 Å². The van der Waals surface area contributed by atoms with Crippen molar-refractivity contribution in [1.29, 1.82) is 0 Å². The van der Waals surface area contributed by atoms with E-state index in [0.29, 0.717) is 43.0 Å². The number of rotatable bonds is 6. The zero-order chi connectivity index (χ0) is 20.4. The number of carbonyl (C=O) groups excluding carboxylic acids is 1. The fourth-order valence-electron chi connectivity index (χ4n) is 3.60. The third kappa shape index (κ3) is 3.66. The van der Waals surface area contributed by atoms with Gasteiger partial charge in [0.2, 0.25) is 11.5 Å². The van der Waals surface area contributed by atoms with Gasteiger partial charge in [0.15, 0.2) is 0 Å². The molecule has 1 saturated heterocycles. The van der Waals surface area contributed by atoms with Crippen LogP contribution in [-0.2, 0) is 16.0 Å². The summed E-state index contributed by atoms with van der Waals surface area (Å²) in [5.41, 5.74) is 7.24. The molecule has 0 radical (unpaired) electrons. The van der Waals surface area contributed by atoms with Crippen molar-refractivity contribution in [3.05, 3.63) is 46.4 Å². The SMILES string of the molecule is COCC[n+]1c(N)c(C(=O)NC[C@@H]2CCCO2)cc2c(=O)n3ccccc3nc21. The Balaban J connectivity index is 1.82. The van der Waals surface area contributed by atoms with E-state index >= 15 is 0 Å². The van der Waals surface area contributed by atoms with Gasteiger partial charge < -0.3 is 20.5 Å². The number of anilines is 1. The number of nitrogen functional groups attached to an aromatic ring is 1. The van der Waals surface area contributed by atoms with Gasteiger partial charge in [-0.1, -0.05) is 11.1 Å². The lowest BCUT2D eigenvalue weighted by Gasteiger charge is -2.14. The molecule has 9 heteroatoms. The summed E-state index contributed by atoms with van der Waals surface area (Å²) in [6.45, 7) is 1.84. The average Bonchev–Trinajstić information content (AvgIpc) is 3.25. The molecule has 152 valence electrons. The molecule has 1 amide bonds. The molecular formula is C20H24N5O4+. The van der Waals surface area contributed by atoms with Gasteiger partial charge in [0.25, 0.3) is 17.1 Å². The second-order valence-electron chi connectivity index (χ2n) is 7.02. The maximum atomic E-state index is 13.1. The Hall–Kier alpha value is -3.04. The Morgan fingerprint density at radius 1 is 1.48 bits per heavy atom. The van der Waals surface area contributed by atoms with Crippen LogP contribution in [0.4, 0.5) is 5.82 Å². The van der Waals surface area contributed by atoms with Gasteiger partial charge in [0.05, 0.1) is 19.3 Å². The van der Waals surface area contributed by atoms with Crippen LogP contribution in [0.2, 0.25) is 0 Å². The van der Waals surface area contributed by atoms with Gasteiger partial charge in [0.1, 0.15) is 10.9 Å². The van der Waals surface area contributed by atoms with Crippen molar-refractivity contribution >= 4 is 28.4 Å². The predicted octanol–water partition coefficient (Wildman–Crippen LogP) is 0.273. The van der Waals surface area contributed by atoms with Crippen LogP contribution in [0.25, 0.3) is 16.7 Å². The number of hydrogen-bond acceptors (Lipinski definition) is 6. The second kappa shape index (κ2) is 8.14. The van der Waals surface area contributed by atoms with E-state index < -0.39 is 0 Å². The first kappa shape index (κ1) is 19.3. The smallest absolute Gasteiger partial charge is 0.278 e. The maximum absolute atomic E-state index is 13.1. The number of aromatic nitrogens is 3. The van der Waals surface area contributed by atoms with Crippen molar-refractivity contribution in [2.45, 2.75) is 25.5 Å². The fraction of sp³-hybridized carbons (Fsp3) is 0.400. The molecule has 1 aliphatic heterocycles. The summed E-state index contributed by atoms with van der Waals surface area (Å²) in [4.78, 5) is 30.5. The minimum Gasteiger partial charge on any atom is -0.381 e. The van der Waals surface area contributed by atoms with Gasteiger partial charge in [-0.2, -0.15) is 0 Å². The van der Waals surface area contributed by atoms with E-state index in [4.69, 9.17) is 15.2 Å². The molecule has 3 aromatic heterocycles. The number of methoxy groups -OCH3 is 1. The lowest BCUT2D eigenvalue weighted by molar-refractivity contribution is -0.660. The van der Waals surface area contributed by atoms with E-state index in [1.165, 1.54) is 10.5 Å². The van der Waals surface area contributed by atoms with E-state index in [9.17, 15) is 9.59 Å². The third-order valence-electron chi connectivity index (χ3n) is 5.14. The first-order valence-corrected chi connectivity index (χ1v) is 9.62. The topological polar surface area (TPSA) is 112 Å². The van der Waals surface area contributed by atoms with Crippen molar-refractivity contribution in [3.63, 3.8) is 0 Å². The molecule has 0 aromatic carbocycles. The summed E-state index contributed by atoms with van der Waals surface area (Å²) >= 11 is 0. The zero-order valence-electron chi connectivity index (χ0n) is 16.3. The molecule has 0 saturated carbocycles. The number of hydrogen-bond donors (Lipinski definition) is 2. The fourth-order valence-corrected chi connectivity index (χ4v) is 3.60.